The Morgan fingerprint density at radius 3 is 2.50 bits per heavy atom. The van der Waals surface area contributed by atoms with Crippen molar-refractivity contribution in [1.82, 2.24) is 4.90 Å². The third kappa shape index (κ3) is 1.76. The number of hydrogen-bond donors (Lipinski definition) is 1. The second kappa shape index (κ2) is 3.03. The zero-order valence-electron chi connectivity index (χ0n) is 7.83. The molecule has 4 heteroatoms. The molecule has 1 saturated heterocycles. The maximum absolute atomic E-state index is 11.4. The molecule has 0 saturated carbocycles. The van der Waals surface area contributed by atoms with Crippen molar-refractivity contribution in [3.8, 4) is 0 Å². The van der Waals surface area contributed by atoms with E-state index in [1.165, 1.54) is 7.11 Å². The molecule has 1 atom stereocenters. The molecule has 0 aliphatic carbocycles. The second-order valence-electron chi connectivity index (χ2n) is 3.73. The molecule has 12 heavy (non-hydrogen) atoms. The Bertz CT molecular complexity index is 183. The Hall–Kier alpha value is -0.610. The third-order valence-electron chi connectivity index (χ3n) is 2.12. The smallest absolute Gasteiger partial charge is 0.251 e. The maximum atomic E-state index is 11.4. The van der Waals surface area contributed by atoms with Crippen molar-refractivity contribution in [2.75, 3.05) is 20.2 Å². The molecular formula is C8H16N2O2. The summed E-state index contributed by atoms with van der Waals surface area (Å²) in [4.78, 5) is 13.1. The van der Waals surface area contributed by atoms with E-state index in [0.29, 0.717) is 13.1 Å². The van der Waals surface area contributed by atoms with Gasteiger partial charge in [-0.25, -0.2) is 0 Å². The minimum Gasteiger partial charge on any atom is -0.372 e. The van der Waals surface area contributed by atoms with Gasteiger partial charge in [0, 0.05) is 25.7 Å². The zero-order chi connectivity index (χ0) is 9.35. The molecule has 0 radical (unpaired) electrons. The highest BCUT2D eigenvalue weighted by Crippen LogP contribution is 2.18. The SMILES string of the molecule is COC(C)C(=O)N1CC(C)(N)C1. The lowest BCUT2D eigenvalue weighted by atomic mass is 9.93. The Morgan fingerprint density at radius 2 is 2.17 bits per heavy atom. The fourth-order valence-electron chi connectivity index (χ4n) is 1.34. The van der Waals surface area contributed by atoms with Crippen LogP contribution in [0.1, 0.15) is 13.8 Å². The van der Waals surface area contributed by atoms with E-state index < -0.39 is 0 Å². The number of rotatable bonds is 2. The van der Waals surface area contributed by atoms with Crippen LogP contribution in [0.2, 0.25) is 0 Å². The molecule has 0 aromatic carbocycles. The molecule has 1 amide bonds. The van der Waals surface area contributed by atoms with Gasteiger partial charge in [0.15, 0.2) is 0 Å². The number of nitrogens with zero attached hydrogens (tertiary/aromatic N) is 1. The monoisotopic (exact) mass is 172 g/mol. The number of amides is 1. The lowest BCUT2D eigenvalue weighted by Crippen LogP contribution is -2.68. The van der Waals surface area contributed by atoms with Crippen molar-refractivity contribution in [3.05, 3.63) is 0 Å². The molecule has 1 aliphatic rings. The molecule has 2 N–H and O–H groups in total. The summed E-state index contributed by atoms with van der Waals surface area (Å²) >= 11 is 0. The highest BCUT2D eigenvalue weighted by molar-refractivity contribution is 5.81. The molecular weight excluding hydrogens is 156 g/mol. The quantitative estimate of drug-likeness (QED) is 0.615. The van der Waals surface area contributed by atoms with E-state index in [-0.39, 0.29) is 17.6 Å². The molecule has 1 aliphatic heterocycles. The number of carbonyl (C=O) groups excluding carboxylic acids is 1. The summed E-state index contributed by atoms with van der Waals surface area (Å²) in [7, 11) is 1.53. The van der Waals surface area contributed by atoms with Crippen LogP contribution in [0.25, 0.3) is 0 Å². The number of likely N-dealkylation sites (tertiary alicyclic amines) is 1. The molecule has 4 nitrogen and oxygen atoms in total. The maximum Gasteiger partial charge on any atom is 0.251 e. The summed E-state index contributed by atoms with van der Waals surface area (Å²) < 4.78 is 4.90. The van der Waals surface area contributed by atoms with Gasteiger partial charge in [0.25, 0.3) is 5.91 Å². The van der Waals surface area contributed by atoms with Gasteiger partial charge in [0.2, 0.25) is 0 Å². The first-order valence-corrected chi connectivity index (χ1v) is 4.07. The predicted octanol–water partition coefficient (Wildman–Crippen LogP) is -0.419. The van der Waals surface area contributed by atoms with Crippen molar-refractivity contribution < 1.29 is 9.53 Å². The van der Waals surface area contributed by atoms with Crippen LogP contribution in [0.4, 0.5) is 0 Å². The van der Waals surface area contributed by atoms with Crippen LogP contribution in [-0.2, 0) is 9.53 Å². The Morgan fingerprint density at radius 1 is 1.67 bits per heavy atom. The summed E-state index contributed by atoms with van der Waals surface area (Å²) in [6.45, 7) is 4.96. The van der Waals surface area contributed by atoms with Gasteiger partial charge in [-0.05, 0) is 13.8 Å². The van der Waals surface area contributed by atoms with Gasteiger partial charge in [-0.2, -0.15) is 0 Å². The van der Waals surface area contributed by atoms with E-state index in [2.05, 4.69) is 0 Å². The number of hydrogen-bond acceptors (Lipinski definition) is 3. The van der Waals surface area contributed by atoms with Gasteiger partial charge in [-0.1, -0.05) is 0 Å². The molecule has 1 unspecified atom stereocenters. The minimum atomic E-state index is -0.346. The van der Waals surface area contributed by atoms with Crippen LogP contribution in [-0.4, -0.2) is 42.6 Å². The van der Waals surface area contributed by atoms with Gasteiger partial charge in [-0.15, -0.1) is 0 Å². The first-order chi connectivity index (χ1) is 5.46. The van der Waals surface area contributed by atoms with Crippen LogP contribution in [0, 0.1) is 0 Å². The number of carbonyl (C=O) groups is 1. The number of methoxy groups -OCH3 is 1. The van der Waals surface area contributed by atoms with Crippen molar-refractivity contribution in [2.24, 2.45) is 5.73 Å². The van der Waals surface area contributed by atoms with Crippen molar-refractivity contribution in [2.45, 2.75) is 25.5 Å². The van der Waals surface area contributed by atoms with Crippen LogP contribution >= 0.6 is 0 Å². The summed E-state index contributed by atoms with van der Waals surface area (Å²) in [6.07, 6.45) is -0.346. The van der Waals surface area contributed by atoms with Crippen molar-refractivity contribution in [3.63, 3.8) is 0 Å². The molecule has 0 spiro atoms. The Labute approximate surface area is 72.7 Å². The lowest BCUT2D eigenvalue weighted by Gasteiger charge is -2.46. The average Bonchev–Trinajstić information content (AvgIpc) is 1.97. The number of ether oxygens (including phenoxy) is 1. The van der Waals surface area contributed by atoms with E-state index >= 15 is 0 Å². The first-order valence-electron chi connectivity index (χ1n) is 4.07. The second-order valence-corrected chi connectivity index (χ2v) is 3.73. The third-order valence-corrected chi connectivity index (χ3v) is 2.12. The summed E-state index contributed by atoms with van der Waals surface area (Å²) in [6, 6.07) is 0. The summed E-state index contributed by atoms with van der Waals surface area (Å²) in [5.74, 6) is 0.0282. The topological polar surface area (TPSA) is 55.6 Å². The first kappa shape index (κ1) is 9.48. The fraction of sp³-hybridized carbons (Fsp3) is 0.875. The molecule has 0 aromatic rings. The molecule has 70 valence electrons. The molecule has 0 aromatic heterocycles. The molecule has 0 bridgehead atoms. The normalized spacial score (nSPS) is 23.2. The summed E-state index contributed by atoms with van der Waals surface area (Å²) in [5, 5.41) is 0. The van der Waals surface area contributed by atoms with E-state index in [4.69, 9.17) is 10.5 Å². The molecule has 1 rings (SSSR count). The van der Waals surface area contributed by atoms with Crippen LogP contribution < -0.4 is 5.73 Å². The fourth-order valence-corrected chi connectivity index (χ4v) is 1.34. The van der Waals surface area contributed by atoms with Gasteiger partial charge in [0.1, 0.15) is 6.10 Å². The van der Waals surface area contributed by atoms with Crippen molar-refractivity contribution in [1.29, 1.82) is 0 Å². The average molecular weight is 172 g/mol. The van der Waals surface area contributed by atoms with Crippen LogP contribution in [0.5, 0.6) is 0 Å². The Kier molecular flexibility index (Phi) is 2.39. The minimum absolute atomic E-state index is 0.0282. The zero-order valence-corrected chi connectivity index (χ0v) is 7.83. The van der Waals surface area contributed by atoms with Gasteiger partial charge < -0.3 is 15.4 Å². The van der Waals surface area contributed by atoms with E-state index in [1.807, 2.05) is 6.92 Å². The van der Waals surface area contributed by atoms with Gasteiger partial charge in [-0.3, -0.25) is 4.79 Å². The lowest BCUT2D eigenvalue weighted by molar-refractivity contribution is -0.148. The molecule has 1 fully saturated rings. The largest absolute Gasteiger partial charge is 0.372 e. The summed E-state index contributed by atoms with van der Waals surface area (Å²) in [5.41, 5.74) is 5.57. The highest BCUT2D eigenvalue weighted by Gasteiger charge is 2.39. The standard InChI is InChI=1S/C8H16N2O2/c1-6(12-3)7(11)10-4-8(2,9)5-10/h6H,4-5,9H2,1-3H3. The van der Waals surface area contributed by atoms with E-state index in [9.17, 15) is 4.79 Å². The van der Waals surface area contributed by atoms with Gasteiger partial charge in [0.05, 0.1) is 0 Å². The highest BCUT2D eigenvalue weighted by atomic mass is 16.5. The Balaban J connectivity index is 2.38. The van der Waals surface area contributed by atoms with Crippen LogP contribution in [0.3, 0.4) is 0 Å². The predicted molar refractivity (Wildman–Crippen MR) is 45.6 cm³/mol. The van der Waals surface area contributed by atoms with E-state index in [1.54, 1.807) is 11.8 Å². The van der Waals surface area contributed by atoms with Crippen molar-refractivity contribution >= 4 is 5.91 Å². The van der Waals surface area contributed by atoms with Crippen LogP contribution in [0.15, 0.2) is 0 Å². The number of nitrogens with two attached hydrogens (primary N) is 1. The van der Waals surface area contributed by atoms with Gasteiger partial charge >= 0.3 is 0 Å². The van der Waals surface area contributed by atoms with E-state index in [0.717, 1.165) is 0 Å². The molecule has 1 heterocycles.